The van der Waals surface area contributed by atoms with Gasteiger partial charge in [0, 0.05) is 37.1 Å². The normalized spacial score (nSPS) is 10.6. The zero-order valence-electron chi connectivity index (χ0n) is 13.0. The highest BCUT2D eigenvalue weighted by atomic mass is 79.9. The van der Waals surface area contributed by atoms with Crippen molar-refractivity contribution in [1.82, 2.24) is 9.55 Å². The van der Waals surface area contributed by atoms with Crippen LogP contribution in [-0.2, 0) is 11.3 Å². The second kappa shape index (κ2) is 6.97. The third-order valence-electron chi connectivity index (χ3n) is 3.49. The molecule has 3 rings (SSSR count). The number of hydrogen-bond donors (Lipinski definition) is 1. The predicted octanol–water partition coefficient (Wildman–Crippen LogP) is 4.46. The van der Waals surface area contributed by atoms with Crippen molar-refractivity contribution >= 4 is 27.5 Å². The summed E-state index contributed by atoms with van der Waals surface area (Å²) in [5, 5.41) is 2.77. The first-order chi connectivity index (χ1) is 11.5. The minimum absolute atomic E-state index is 0.119. The van der Waals surface area contributed by atoms with Gasteiger partial charge in [-0.15, -0.1) is 0 Å². The number of amides is 1. The van der Waals surface area contributed by atoms with E-state index < -0.39 is 0 Å². The highest BCUT2D eigenvalue weighted by molar-refractivity contribution is 9.10. The highest BCUT2D eigenvalue weighted by Crippen LogP contribution is 2.23. The quantitative estimate of drug-likeness (QED) is 0.718. The van der Waals surface area contributed by atoms with Crippen LogP contribution in [0.25, 0.3) is 11.4 Å². The van der Waals surface area contributed by atoms with Gasteiger partial charge >= 0.3 is 0 Å². The summed E-state index contributed by atoms with van der Waals surface area (Å²) < 4.78 is 15.8. The molecule has 0 saturated carbocycles. The van der Waals surface area contributed by atoms with Crippen LogP contribution in [0.4, 0.5) is 10.1 Å². The van der Waals surface area contributed by atoms with Crippen molar-refractivity contribution in [2.24, 2.45) is 0 Å². The Morgan fingerprint density at radius 2 is 2.12 bits per heavy atom. The van der Waals surface area contributed by atoms with Crippen molar-refractivity contribution in [3.05, 3.63) is 70.7 Å². The largest absolute Gasteiger partial charge is 0.327 e. The molecule has 122 valence electrons. The van der Waals surface area contributed by atoms with E-state index in [2.05, 4.69) is 26.2 Å². The van der Waals surface area contributed by atoms with Gasteiger partial charge in [-0.2, -0.15) is 0 Å². The first kappa shape index (κ1) is 16.4. The summed E-state index contributed by atoms with van der Waals surface area (Å²) in [7, 11) is 0. The lowest BCUT2D eigenvalue weighted by Gasteiger charge is -2.10. The van der Waals surface area contributed by atoms with Crippen LogP contribution < -0.4 is 5.32 Å². The van der Waals surface area contributed by atoms with Crippen molar-refractivity contribution in [2.45, 2.75) is 13.5 Å². The molecular formula is C18H15BrFN3O. The van der Waals surface area contributed by atoms with Gasteiger partial charge in [0.1, 0.15) is 11.6 Å². The highest BCUT2D eigenvalue weighted by Gasteiger charge is 2.09. The van der Waals surface area contributed by atoms with Crippen LogP contribution in [-0.4, -0.2) is 15.5 Å². The first-order valence-corrected chi connectivity index (χ1v) is 8.15. The Labute approximate surface area is 147 Å². The van der Waals surface area contributed by atoms with E-state index in [1.165, 1.54) is 13.0 Å². The minimum Gasteiger partial charge on any atom is -0.327 e. The Kier molecular flexibility index (Phi) is 4.76. The van der Waals surface area contributed by atoms with Crippen LogP contribution in [0.15, 0.2) is 59.3 Å². The Hall–Kier alpha value is -2.47. The third-order valence-corrected chi connectivity index (χ3v) is 4.10. The van der Waals surface area contributed by atoms with E-state index in [9.17, 15) is 9.18 Å². The van der Waals surface area contributed by atoms with E-state index in [0.717, 1.165) is 22.6 Å². The number of aromatic nitrogens is 2. The fraction of sp³-hybridized carbons (Fsp3) is 0.111. The van der Waals surface area contributed by atoms with Crippen LogP contribution in [0, 0.1) is 5.82 Å². The van der Waals surface area contributed by atoms with E-state index in [-0.39, 0.29) is 11.7 Å². The Bertz CT molecular complexity index is 891. The van der Waals surface area contributed by atoms with Crippen molar-refractivity contribution in [2.75, 3.05) is 5.32 Å². The molecule has 0 unspecified atom stereocenters. The van der Waals surface area contributed by atoms with Gasteiger partial charge < -0.3 is 9.88 Å². The lowest BCUT2D eigenvalue weighted by molar-refractivity contribution is -0.114. The van der Waals surface area contributed by atoms with Gasteiger partial charge in [0.05, 0.1) is 4.47 Å². The Balaban J connectivity index is 1.90. The molecule has 0 aliphatic heterocycles. The zero-order valence-corrected chi connectivity index (χ0v) is 14.5. The van der Waals surface area contributed by atoms with Gasteiger partial charge in [-0.1, -0.05) is 18.2 Å². The number of carbonyl (C=O) groups excluding carboxylic acids is 1. The number of carbonyl (C=O) groups is 1. The summed E-state index contributed by atoms with van der Waals surface area (Å²) >= 11 is 3.21. The minimum atomic E-state index is -0.285. The summed E-state index contributed by atoms with van der Waals surface area (Å²) in [4.78, 5) is 15.6. The van der Waals surface area contributed by atoms with Crippen molar-refractivity contribution < 1.29 is 9.18 Å². The Morgan fingerprint density at radius 3 is 2.88 bits per heavy atom. The maximum Gasteiger partial charge on any atom is 0.221 e. The number of benzene rings is 2. The average Bonchev–Trinajstić information content (AvgIpc) is 2.99. The fourth-order valence-corrected chi connectivity index (χ4v) is 2.90. The van der Waals surface area contributed by atoms with Crippen LogP contribution in [0.2, 0.25) is 0 Å². The van der Waals surface area contributed by atoms with Crippen LogP contribution >= 0.6 is 15.9 Å². The molecule has 0 radical (unpaired) electrons. The summed E-state index contributed by atoms with van der Waals surface area (Å²) in [6.07, 6.45) is 3.59. The first-order valence-electron chi connectivity index (χ1n) is 7.36. The smallest absolute Gasteiger partial charge is 0.221 e. The average molecular weight is 388 g/mol. The molecule has 2 aromatic carbocycles. The molecule has 0 bridgehead atoms. The number of nitrogens with zero attached hydrogens (tertiary/aromatic N) is 2. The lowest BCUT2D eigenvalue weighted by Crippen LogP contribution is -2.06. The van der Waals surface area contributed by atoms with E-state index in [4.69, 9.17) is 0 Å². The Morgan fingerprint density at radius 1 is 1.29 bits per heavy atom. The second-order valence-corrected chi connectivity index (χ2v) is 6.24. The molecule has 1 aromatic heterocycles. The SMILES string of the molecule is CC(=O)Nc1cccc(-c2nccn2Cc2ccc(F)c(Br)c2)c1. The summed E-state index contributed by atoms with van der Waals surface area (Å²) in [5.74, 6) is 0.377. The molecule has 0 atom stereocenters. The molecule has 1 N–H and O–H groups in total. The van der Waals surface area contributed by atoms with Crippen molar-refractivity contribution in [3.63, 3.8) is 0 Å². The maximum atomic E-state index is 13.4. The predicted molar refractivity (Wildman–Crippen MR) is 95.2 cm³/mol. The van der Waals surface area contributed by atoms with Crippen molar-refractivity contribution in [3.8, 4) is 11.4 Å². The number of anilines is 1. The lowest BCUT2D eigenvalue weighted by atomic mass is 10.1. The number of imidazole rings is 1. The van der Waals surface area contributed by atoms with E-state index in [0.29, 0.717) is 11.0 Å². The molecule has 0 spiro atoms. The maximum absolute atomic E-state index is 13.4. The molecule has 1 heterocycles. The molecule has 6 heteroatoms. The topological polar surface area (TPSA) is 46.9 Å². The molecule has 3 aromatic rings. The fourth-order valence-electron chi connectivity index (χ4n) is 2.47. The van der Waals surface area contributed by atoms with Gasteiger partial charge in [-0.05, 0) is 45.8 Å². The van der Waals surface area contributed by atoms with Gasteiger partial charge in [0.2, 0.25) is 5.91 Å². The number of hydrogen-bond acceptors (Lipinski definition) is 2. The molecule has 0 aliphatic carbocycles. The molecule has 0 fully saturated rings. The van der Waals surface area contributed by atoms with E-state index >= 15 is 0 Å². The van der Waals surface area contributed by atoms with Crippen LogP contribution in [0.1, 0.15) is 12.5 Å². The summed E-state index contributed by atoms with van der Waals surface area (Å²) in [5.41, 5.74) is 2.58. The zero-order chi connectivity index (χ0) is 17.1. The van der Waals surface area contributed by atoms with Crippen molar-refractivity contribution in [1.29, 1.82) is 0 Å². The molecule has 1 amide bonds. The van der Waals surface area contributed by atoms with Crippen LogP contribution in [0.3, 0.4) is 0 Å². The molecule has 0 saturated heterocycles. The monoisotopic (exact) mass is 387 g/mol. The second-order valence-electron chi connectivity index (χ2n) is 5.39. The van der Waals surface area contributed by atoms with Gasteiger partial charge in [-0.25, -0.2) is 9.37 Å². The molecule has 24 heavy (non-hydrogen) atoms. The molecule has 4 nitrogen and oxygen atoms in total. The molecular weight excluding hydrogens is 373 g/mol. The number of nitrogens with one attached hydrogen (secondary N) is 1. The van der Waals surface area contributed by atoms with Gasteiger partial charge in [0.15, 0.2) is 0 Å². The van der Waals surface area contributed by atoms with Gasteiger partial charge in [-0.3, -0.25) is 4.79 Å². The third kappa shape index (κ3) is 3.71. The number of rotatable bonds is 4. The van der Waals surface area contributed by atoms with E-state index in [1.807, 2.05) is 35.0 Å². The molecule has 0 aliphatic rings. The standard InChI is InChI=1S/C18H15BrFN3O/c1-12(24)22-15-4-2-3-14(10-15)18-21-7-8-23(18)11-13-5-6-17(20)16(19)9-13/h2-10H,11H2,1H3,(H,22,24). The van der Waals surface area contributed by atoms with Gasteiger partial charge in [0.25, 0.3) is 0 Å². The van der Waals surface area contributed by atoms with E-state index in [1.54, 1.807) is 18.3 Å². The number of halogens is 2. The summed E-state index contributed by atoms with van der Waals surface area (Å²) in [6.45, 7) is 2.04. The summed E-state index contributed by atoms with van der Waals surface area (Å²) in [6, 6.07) is 12.5. The van der Waals surface area contributed by atoms with Crippen LogP contribution in [0.5, 0.6) is 0 Å².